The third-order valence-corrected chi connectivity index (χ3v) is 3.82. The maximum absolute atomic E-state index is 11.5. The molecule has 1 N–H and O–H groups in total. The number of aromatic nitrogens is 1. The van der Waals surface area contributed by atoms with Gasteiger partial charge in [-0.2, -0.15) is 0 Å². The van der Waals surface area contributed by atoms with Crippen LogP contribution in [0, 0.1) is 19.3 Å². The molecule has 0 saturated carbocycles. The van der Waals surface area contributed by atoms with Crippen LogP contribution in [0.15, 0.2) is 48.5 Å². The van der Waals surface area contributed by atoms with Crippen molar-refractivity contribution < 1.29 is 14.6 Å². The SMILES string of the molecule is C#Cc1c(C(=O)O)nc2c(OCc3ccccc3)cccc2c1C. The largest absolute Gasteiger partial charge is 0.487 e. The van der Waals surface area contributed by atoms with Crippen molar-refractivity contribution in [3.8, 4) is 18.1 Å². The summed E-state index contributed by atoms with van der Waals surface area (Å²) in [5.74, 6) is 1.82. The van der Waals surface area contributed by atoms with Crippen molar-refractivity contribution >= 4 is 16.9 Å². The van der Waals surface area contributed by atoms with Gasteiger partial charge in [0.15, 0.2) is 5.69 Å². The quantitative estimate of drug-likeness (QED) is 0.744. The molecule has 0 aliphatic rings. The van der Waals surface area contributed by atoms with Crippen LogP contribution in [0.3, 0.4) is 0 Å². The Morgan fingerprint density at radius 2 is 1.96 bits per heavy atom. The Morgan fingerprint density at radius 1 is 1.21 bits per heavy atom. The zero-order valence-corrected chi connectivity index (χ0v) is 13.1. The standard InChI is InChI=1S/C20H15NO3/c1-3-15-13(2)16-10-7-11-17(18(16)21-19(15)20(22)23)24-12-14-8-5-4-6-9-14/h1,4-11H,12H2,2H3,(H,22,23). The Kier molecular flexibility index (Phi) is 4.17. The molecule has 0 saturated heterocycles. The van der Waals surface area contributed by atoms with Gasteiger partial charge in [-0.3, -0.25) is 0 Å². The molecule has 3 rings (SSSR count). The minimum Gasteiger partial charge on any atom is -0.487 e. The number of benzene rings is 2. The van der Waals surface area contributed by atoms with E-state index in [2.05, 4.69) is 10.9 Å². The van der Waals surface area contributed by atoms with E-state index in [0.29, 0.717) is 29.0 Å². The number of carboxylic acids is 1. The van der Waals surface area contributed by atoms with E-state index in [1.165, 1.54) is 0 Å². The van der Waals surface area contributed by atoms with Crippen LogP contribution in [0.1, 0.15) is 27.2 Å². The van der Waals surface area contributed by atoms with Crippen LogP contribution >= 0.6 is 0 Å². The summed E-state index contributed by atoms with van der Waals surface area (Å²) in [6.45, 7) is 2.17. The van der Waals surface area contributed by atoms with Crippen LogP contribution < -0.4 is 4.74 Å². The number of hydrogen-bond acceptors (Lipinski definition) is 3. The highest BCUT2D eigenvalue weighted by molar-refractivity contribution is 5.97. The highest BCUT2D eigenvalue weighted by atomic mass is 16.5. The summed E-state index contributed by atoms with van der Waals surface area (Å²) in [7, 11) is 0. The fraction of sp³-hybridized carbons (Fsp3) is 0.100. The molecule has 0 bridgehead atoms. The summed E-state index contributed by atoms with van der Waals surface area (Å²) < 4.78 is 5.86. The molecule has 0 fully saturated rings. The van der Waals surface area contributed by atoms with Crippen molar-refractivity contribution in [3.05, 3.63) is 70.9 Å². The van der Waals surface area contributed by atoms with Gasteiger partial charge in [0.2, 0.25) is 0 Å². The lowest BCUT2D eigenvalue weighted by Crippen LogP contribution is -2.07. The number of fused-ring (bicyclic) bond motifs is 1. The van der Waals surface area contributed by atoms with Gasteiger partial charge in [0.25, 0.3) is 0 Å². The van der Waals surface area contributed by atoms with E-state index in [4.69, 9.17) is 11.2 Å². The van der Waals surface area contributed by atoms with Crippen molar-refractivity contribution in [2.75, 3.05) is 0 Å². The van der Waals surface area contributed by atoms with Gasteiger partial charge in [-0.15, -0.1) is 6.42 Å². The van der Waals surface area contributed by atoms with Crippen LogP contribution in [0.5, 0.6) is 5.75 Å². The fourth-order valence-electron chi connectivity index (χ4n) is 2.60. The van der Waals surface area contributed by atoms with Gasteiger partial charge in [0, 0.05) is 5.39 Å². The molecular weight excluding hydrogens is 302 g/mol. The number of carboxylic acid groups (broad SMARTS) is 1. The summed E-state index contributed by atoms with van der Waals surface area (Å²) >= 11 is 0. The number of pyridine rings is 1. The predicted molar refractivity (Wildman–Crippen MR) is 92.1 cm³/mol. The highest BCUT2D eigenvalue weighted by Gasteiger charge is 2.18. The lowest BCUT2D eigenvalue weighted by atomic mass is 10.0. The normalized spacial score (nSPS) is 10.3. The second-order valence-corrected chi connectivity index (χ2v) is 5.34. The minimum atomic E-state index is -1.15. The van der Waals surface area contributed by atoms with Gasteiger partial charge in [0.05, 0.1) is 5.56 Å². The summed E-state index contributed by atoms with van der Waals surface area (Å²) in [5, 5.41) is 10.2. The molecule has 1 heterocycles. The van der Waals surface area contributed by atoms with Crippen molar-refractivity contribution in [1.82, 2.24) is 4.98 Å². The molecule has 1 aromatic heterocycles. The number of hydrogen-bond donors (Lipinski definition) is 1. The molecule has 0 aliphatic heterocycles. The molecule has 2 aromatic carbocycles. The van der Waals surface area contributed by atoms with Gasteiger partial charge in [-0.25, -0.2) is 9.78 Å². The van der Waals surface area contributed by atoms with E-state index in [9.17, 15) is 9.90 Å². The third kappa shape index (κ3) is 2.80. The fourth-order valence-corrected chi connectivity index (χ4v) is 2.60. The summed E-state index contributed by atoms with van der Waals surface area (Å²) in [4.78, 5) is 15.7. The Morgan fingerprint density at radius 3 is 2.62 bits per heavy atom. The van der Waals surface area contributed by atoms with Crippen LogP contribution in [0.25, 0.3) is 10.9 Å². The second kappa shape index (κ2) is 6.43. The number of rotatable bonds is 4. The minimum absolute atomic E-state index is 0.127. The lowest BCUT2D eigenvalue weighted by Gasteiger charge is -2.12. The number of nitrogens with zero attached hydrogens (tertiary/aromatic N) is 1. The monoisotopic (exact) mass is 317 g/mol. The van der Waals surface area contributed by atoms with Gasteiger partial charge >= 0.3 is 5.97 Å². The maximum atomic E-state index is 11.5. The van der Waals surface area contributed by atoms with Crippen molar-refractivity contribution in [2.24, 2.45) is 0 Å². The number of carbonyl (C=O) groups is 1. The Labute approximate surface area is 139 Å². The molecule has 118 valence electrons. The van der Waals surface area contributed by atoms with E-state index < -0.39 is 5.97 Å². The Balaban J connectivity index is 2.09. The van der Waals surface area contributed by atoms with Crippen LogP contribution in [-0.4, -0.2) is 16.1 Å². The average Bonchev–Trinajstić information content (AvgIpc) is 2.60. The van der Waals surface area contributed by atoms with Crippen molar-refractivity contribution in [1.29, 1.82) is 0 Å². The van der Waals surface area contributed by atoms with E-state index in [0.717, 1.165) is 10.9 Å². The van der Waals surface area contributed by atoms with Gasteiger partial charge in [0.1, 0.15) is 17.9 Å². The van der Waals surface area contributed by atoms with Crippen molar-refractivity contribution in [3.63, 3.8) is 0 Å². The Bertz CT molecular complexity index is 956. The highest BCUT2D eigenvalue weighted by Crippen LogP contribution is 2.29. The lowest BCUT2D eigenvalue weighted by molar-refractivity contribution is 0.0690. The molecular formula is C20H15NO3. The third-order valence-electron chi connectivity index (χ3n) is 3.82. The first-order valence-electron chi connectivity index (χ1n) is 7.41. The van der Waals surface area contributed by atoms with E-state index in [1.54, 1.807) is 13.0 Å². The molecule has 0 atom stereocenters. The molecule has 3 aromatic rings. The zero-order chi connectivity index (χ0) is 17.1. The summed E-state index contributed by atoms with van der Waals surface area (Å²) in [5.41, 5.74) is 2.41. The number of aryl methyl sites for hydroxylation is 1. The first kappa shape index (κ1) is 15.6. The molecule has 4 nitrogen and oxygen atoms in total. The number of terminal acetylenes is 1. The van der Waals surface area contributed by atoms with Gasteiger partial charge < -0.3 is 9.84 Å². The number of para-hydroxylation sites is 1. The summed E-state index contributed by atoms with van der Waals surface area (Å²) in [6, 6.07) is 15.2. The predicted octanol–water partition coefficient (Wildman–Crippen LogP) is 3.80. The molecule has 0 radical (unpaired) electrons. The van der Waals surface area contributed by atoms with Gasteiger partial charge in [-0.05, 0) is 24.1 Å². The molecule has 0 amide bonds. The summed E-state index contributed by atoms with van der Waals surface area (Å²) in [6.07, 6.45) is 5.47. The molecule has 4 heteroatoms. The average molecular weight is 317 g/mol. The van der Waals surface area contributed by atoms with Crippen LogP contribution in [0.4, 0.5) is 0 Å². The van der Waals surface area contributed by atoms with Gasteiger partial charge in [-0.1, -0.05) is 48.4 Å². The number of ether oxygens (including phenoxy) is 1. The first-order valence-corrected chi connectivity index (χ1v) is 7.41. The van der Waals surface area contributed by atoms with Crippen molar-refractivity contribution in [2.45, 2.75) is 13.5 Å². The second-order valence-electron chi connectivity index (χ2n) is 5.34. The van der Waals surface area contributed by atoms with E-state index >= 15 is 0 Å². The van der Waals surface area contributed by atoms with E-state index in [-0.39, 0.29) is 5.69 Å². The zero-order valence-electron chi connectivity index (χ0n) is 13.1. The molecule has 0 spiro atoms. The van der Waals surface area contributed by atoms with Crippen LogP contribution in [0.2, 0.25) is 0 Å². The smallest absolute Gasteiger partial charge is 0.355 e. The topological polar surface area (TPSA) is 59.4 Å². The Hall–Kier alpha value is -3.32. The van der Waals surface area contributed by atoms with Crippen LogP contribution in [-0.2, 0) is 6.61 Å². The number of aromatic carboxylic acids is 1. The molecule has 0 unspecified atom stereocenters. The first-order chi connectivity index (χ1) is 11.6. The molecule has 0 aliphatic carbocycles. The van der Waals surface area contributed by atoms with E-state index in [1.807, 2.05) is 42.5 Å². The maximum Gasteiger partial charge on any atom is 0.355 e. The molecule has 24 heavy (non-hydrogen) atoms.